The molecule has 3 N–H and O–H groups in total. The molecule has 3 nitrogen and oxygen atoms in total. The Morgan fingerprint density at radius 2 is 2.14 bits per heavy atom. The Hall–Kier alpha value is -1.49. The van der Waals surface area contributed by atoms with Gasteiger partial charge in [-0.25, -0.2) is 8.78 Å². The molecule has 1 aromatic rings. The van der Waals surface area contributed by atoms with Crippen LogP contribution in [0.1, 0.15) is 10.4 Å². The van der Waals surface area contributed by atoms with Crippen molar-refractivity contribution >= 4 is 5.91 Å². The highest BCUT2D eigenvalue weighted by molar-refractivity contribution is 5.94. The van der Waals surface area contributed by atoms with Gasteiger partial charge in [-0.1, -0.05) is 6.07 Å². The van der Waals surface area contributed by atoms with Gasteiger partial charge >= 0.3 is 0 Å². The molecule has 76 valence electrons. The van der Waals surface area contributed by atoms with Gasteiger partial charge in [0.2, 0.25) is 0 Å². The Balaban J connectivity index is 2.84. The number of rotatable bonds is 3. The van der Waals surface area contributed by atoms with Crippen LogP contribution in [0.15, 0.2) is 18.2 Å². The molecule has 0 radical (unpaired) electrons. The van der Waals surface area contributed by atoms with Crippen molar-refractivity contribution < 1.29 is 13.6 Å². The van der Waals surface area contributed by atoms with E-state index < -0.39 is 17.5 Å². The van der Waals surface area contributed by atoms with E-state index in [4.69, 9.17) is 5.73 Å². The smallest absolute Gasteiger partial charge is 0.254 e. The van der Waals surface area contributed by atoms with E-state index in [-0.39, 0.29) is 18.7 Å². The summed E-state index contributed by atoms with van der Waals surface area (Å²) in [7, 11) is 0. The lowest BCUT2D eigenvalue weighted by molar-refractivity contribution is 0.0949. The first kappa shape index (κ1) is 10.6. The number of amides is 1. The van der Waals surface area contributed by atoms with Crippen molar-refractivity contribution in [3.8, 4) is 0 Å². The normalized spacial score (nSPS) is 9.93. The minimum absolute atomic E-state index is 0.231. The molecule has 0 saturated heterocycles. The second-order valence-corrected chi connectivity index (χ2v) is 2.65. The van der Waals surface area contributed by atoms with Gasteiger partial charge in [0.15, 0.2) is 11.6 Å². The standard InChI is InChI=1S/C9H10F2N2O/c10-7-3-1-2-6(8(7)11)9(14)13-5-4-12/h1-3H,4-5,12H2,(H,13,14). The summed E-state index contributed by atoms with van der Waals surface area (Å²) >= 11 is 0. The van der Waals surface area contributed by atoms with Crippen molar-refractivity contribution in [2.24, 2.45) is 5.73 Å². The van der Waals surface area contributed by atoms with E-state index in [1.807, 2.05) is 0 Å². The molecule has 0 saturated carbocycles. The molecule has 14 heavy (non-hydrogen) atoms. The number of nitrogens with two attached hydrogens (primary N) is 1. The van der Waals surface area contributed by atoms with Crippen LogP contribution in [0.5, 0.6) is 0 Å². The highest BCUT2D eigenvalue weighted by atomic mass is 19.2. The molecule has 0 unspecified atom stereocenters. The maximum atomic E-state index is 13.0. The molecule has 0 aliphatic heterocycles. The summed E-state index contributed by atoms with van der Waals surface area (Å²) in [6.07, 6.45) is 0. The van der Waals surface area contributed by atoms with Gasteiger partial charge < -0.3 is 11.1 Å². The van der Waals surface area contributed by atoms with Crippen molar-refractivity contribution in [1.82, 2.24) is 5.32 Å². The zero-order valence-electron chi connectivity index (χ0n) is 7.39. The Morgan fingerprint density at radius 3 is 2.79 bits per heavy atom. The van der Waals surface area contributed by atoms with E-state index in [1.54, 1.807) is 0 Å². The number of nitrogens with one attached hydrogen (secondary N) is 1. The van der Waals surface area contributed by atoms with E-state index in [9.17, 15) is 13.6 Å². The van der Waals surface area contributed by atoms with Crippen molar-refractivity contribution in [2.45, 2.75) is 0 Å². The summed E-state index contributed by atoms with van der Waals surface area (Å²) in [6, 6.07) is 3.44. The van der Waals surface area contributed by atoms with Crippen LogP contribution in [0.2, 0.25) is 0 Å². The van der Waals surface area contributed by atoms with Crippen molar-refractivity contribution in [3.05, 3.63) is 35.4 Å². The number of hydrogen-bond acceptors (Lipinski definition) is 2. The molecule has 1 aromatic carbocycles. The van der Waals surface area contributed by atoms with E-state index in [0.717, 1.165) is 6.07 Å². The van der Waals surface area contributed by atoms with Crippen LogP contribution in [-0.4, -0.2) is 19.0 Å². The van der Waals surface area contributed by atoms with Gasteiger partial charge in [-0.15, -0.1) is 0 Å². The third-order valence-corrected chi connectivity index (χ3v) is 1.63. The summed E-state index contributed by atoms with van der Waals surface area (Å²) in [5.41, 5.74) is 4.83. The topological polar surface area (TPSA) is 55.1 Å². The Morgan fingerprint density at radius 1 is 1.43 bits per heavy atom. The molecule has 0 atom stereocenters. The van der Waals surface area contributed by atoms with Gasteiger partial charge in [-0.2, -0.15) is 0 Å². The summed E-state index contributed by atoms with van der Waals surface area (Å²) in [5.74, 6) is -2.83. The Labute approximate surface area is 79.9 Å². The molecule has 0 aromatic heterocycles. The Kier molecular flexibility index (Phi) is 3.53. The van der Waals surface area contributed by atoms with Crippen LogP contribution in [0, 0.1) is 11.6 Å². The van der Waals surface area contributed by atoms with E-state index >= 15 is 0 Å². The van der Waals surface area contributed by atoms with E-state index in [1.165, 1.54) is 12.1 Å². The first-order valence-electron chi connectivity index (χ1n) is 4.09. The number of hydrogen-bond donors (Lipinski definition) is 2. The fourth-order valence-corrected chi connectivity index (χ4v) is 0.960. The van der Waals surface area contributed by atoms with Crippen molar-refractivity contribution in [2.75, 3.05) is 13.1 Å². The van der Waals surface area contributed by atoms with Gasteiger partial charge in [-0.05, 0) is 12.1 Å². The quantitative estimate of drug-likeness (QED) is 0.752. The van der Waals surface area contributed by atoms with Crippen LogP contribution < -0.4 is 11.1 Å². The average Bonchev–Trinajstić information content (AvgIpc) is 2.18. The maximum absolute atomic E-state index is 13.0. The zero-order chi connectivity index (χ0) is 10.6. The SMILES string of the molecule is NCCNC(=O)c1cccc(F)c1F. The van der Waals surface area contributed by atoms with Gasteiger partial charge in [0.25, 0.3) is 5.91 Å². The van der Waals surface area contributed by atoms with Crippen LogP contribution >= 0.6 is 0 Å². The lowest BCUT2D eigenvalue weighted by Crippen LogP contribution is -2.29. The van der Waals surface area contributed by atoms with Crippen molar-refractivity contribution in [1.29, 1.82) is 0 Å². The van der Waals surface area contributed by atoms with Gasteiger partial charge in [0.1, 0.15) is 0 Å². The molecule has 1 rings (SSSR count). The van der Waals surface area contributed by atoms with Gasteiger partial charge in [0.05, 0.1) is 5.56 Å². The molecule has 1 amide bonds. The highest BCUT2D eigenvalue weighted by Gasteiger charge is 2.13. The zero-order valence-corrected chi connectivity index (χ0v) is 7.39. The molecule has 5 heteroatoms. The van der Waals surface area contributed by atoms with Gasteiger partial charge in [-0.3, -0.25) is 4.79 Å². The monoisotopic (exact) mass is 200 g/mol. The average molecular weight is 200 g/mol. The van der Waals surface area contributed by atoms with E-state index in [0.29, 0.717) is 0 Å². The first-order chi connectivity index (χ1) is 6.66. The lowest BCUT2D eigenvalue weighted by atomic mass is 10.2. The Bertz CT molecular complexity index is 342. The fourth-order valence-electron chi connectivity index (χ4n) is 0.960. The molecule has 0 bridgehead atoms. The number of carbonyl (C=O) groups excluding carboxylic acids is 1. The third kappa shape index (κ3) is 2.26. The minimum atomic E-state index is -1.14. The molecule has 0 heterocycles. The van der Waals surface area contributed by atoms with Crippen LogP contribution in [-0.2, 0) is 0 Å². The predicted molar refractivity (Wildman–Crippen MR) is 47.7 cm³/mol. The van der Waals surface area contributed by atoms with Crippen molar-refractivity contribution in [3.63, 3.8) is 0 Å². The molecule has 0 fully saturated rings. The fraction of sp³-hybridized carbons (Fsp3) is 0.222. The number of halogens is 2. The highest BCUT2D eigenvalue weighted by Crippen LogP contribution is 2.10. The molecular weight excluding hydrogens is 190 g/mol. The molecule has 0 spiro atoms. The second kappa shape index (κ2) is 4.66. The number of carbonyl (C=O) groups is 1. The van der Waals surface area contributed by atoms with Crippen LogP contribution in [0.3, 0.4) is 0 Å². The summed E-state index contributed by atoms with van der Waals surface area (Å²) in [6.45, 7) is 0.484. The minimum Gasteiger partial charge on any atom is -0.351 e. The predicted octanol–water partition coefficient (Wildman–Crippen LogP) is 0.653. The third-order valence-electron chi connectivity index (χ3n) is 1.63. The summed E-state index contributed by atoms with van der Waals surface area (Å²) < 4.78 is 25.7. The lowest BCUT2D eigenvalue weighted by Gasteiger charge is -2.04. The molecule has 0 aliphatic carbocycles. The van der Waals surface area contributed by atoms with Crippen LogP contribution in [0.4, 0.5) is 8.78 Å². The second-order valence-electron chi connectivity index (χ2n) is 2.65. The first-order valence-corrected chi connectivity index (χ1v) is 4.09. The molecule has 0 aliphatic rings. The van der Waals surface area contributed by atoms with Crippen LogP contribution in [0.25, 0.3) is 0 Å². The van der Waals surface area contributed by atoms with E-state index in [2.05, 4.69) is 5.32 Å². The summed E-state index contributed by atoms with van der Waals surface area (Å²) in [5, 5.41) is 2.35. The molecular formula is C9H10F2N2O. The number of benzene rings is 1. The summed E-state index contributed by atoms with van der Waals surface area (Å²) in [4.78, 5) is 11.2. The maximum Gasteiger partial charge on any atom is 0.254 e. The van der Waals surface area contributed by atoms with Gasteiger partial charge in [0, 0.05) is 13.1 Å². The largest absolute Gasteiger partial charge is 0.351 e.